The summed E-state index contributed by atoms with van der Waals surface area (Å²) in [7, 11) is 0. The second-order valence-corrected chi connectivity index (χ2v) is 3.02. The van der Waals surface area contributed by atoms with Crippen molar-refractivity contribution >= 4 is 11.8 Å². The van der Waals surface area contributed by atoms with Crippen LogP contribution < -0.4 is 0 Å². The van der Waals surface area contributed by atoms with Crippen LogP contribution in [0.5, 0.6) is 0 Å². The molecule has 3 heteroatoms. The maximum Gasteiger partial charge on any atom is 0.338 e. The largest absolute Gasteiger partial charge is 0.451 e. The first kappa shape index (κ1) is 10.4. The fourth-order valence-corrected chi connectivity index (χ4v) is 0.886. The molecule has 0 aromatic heterocycles. The molecule has 0 N–H and O–H groups in total. The average molecular weight is 192 g/mol. The van der Waals surface area contributed by atoms with E-state index in [0.29, 0.717) is 5.56 Å². The first-order chi connectivity index (χ1) is 6.61. The van der Waals surface area contributed by atoms with Gasteiger partial charge in [0.05, 0.1) is 5.56 Å². The van der Waals surface area contributed by atoms with E-state index in [0.717, 1.165) is 0 Å². The van der Waals surface area contributed by atoms with Crippen molar-refractivity contribution < 1.29 is 14.3 Å². The molecule has 3 nitrogen and oxygen atoms in total. The van der Waals surface area contributed by atoms with Gasteiger partial charge in [0.15, 0.2) is 11.9 Å². The van der Waals surface area contributed by atoms with Crippen molar-refractivity contribution in [3.05, 3.63) is 35.9 Å². The maximum atomic E-state index is 11.4. The van der Waals surface area contributed by atoms with Crippen molar-refractivity contribution in [2.75, 3.05) is 0 Å². The lowest BCUT2D eigenvalue weighted by molar-refractivity contribution is -0.124. The lowest BCUT2D eigenvalue weighted by Crippen LogP contribution is -2.21. The maximum absolute atomic E-state index is 11.4. The van der Waals surface area contributed by atoms with Crippen LogP contribution in [0.15, 0.2) is 30.3 Å². The first-order valence-electron chi connectivity index (χ1n) is 4.37. The summed E-state index contributed by atoms with van der Waals surface area (Å²) in [5, 5.41) is 0. The van der Waals surface area contributed by atoms with Crippen LogP contribution in [-0.4, -0.2) is 17.9 Å². The molecule has 1 unspecified atom stereocenters. The number of carbonyl (C=O) groups excluding carboxylic acids is 2. The summed E-state index contributed by atoms with van der Waals surface area (Å²) in [6.45, 7) is 2.95. The minimum Gasteiger partial charge on any atom is -0.451 e. The van der Waals surface area contributed by atoms with Crippen molar-refractivity contribution in [2.24, 2.45) is 0 Å². The second kappa shape index (κ2) is 4.56. The summed E-state index contributed by atoms with van der Waals surface area (Å²) >= 11 is 0. The van der Waals surface area contributed by atoms with Crippen LogP contribution in [0.2, 0.25) is 0 Å². The number of hydrogen-bond donors (Lipinski definition) is 0. The highest BCUT2D eigenvalue weighted by Crippen LogP contribution is 2.03. The average Bonchev–Trinajstić information content (AvgIpc) is 2.19. The summed E-state index contributed by atoms with van der Waals surface area (Å²) in [5.41, 5.74) is 0.459. The number of hydrogen-bond acceptors (Lipinski definition) is 3. The molecule has 0 fully saturated rings. The molecule has 1 atom stereocenters. The molecule has 0 saturated carbocycles. The molecule has 0 bridgehead atoms. The third kappa shape index (κ3) is 2.69. The Hall–Kier alpha value is -1.64. The molecule has 0 radical (unpaired) electrons. The number of carbonyl (C=O) groups is 2. The molecule has 14 heavy (non-hydrogen) atoms. The summed E-state index contributed by atoms with van der Waals surface area (Å²) in [5.74, 6) is -0.623. The number of Topliss-reactive ketones (excluding diaryl/α,β-unsaturated/α-hetero) is 1. The predicted octanol–water partition coefficient (Wildman–Crippen LogP) is 1.82. The number of ketones is 1. The molecule has 0 saturated heterocycles. The molecule has 0 aliphatic rings. The van der Waals surface area contributed by atoms with Gasteiger partial charge in [-0.2, -0.15) is 0 Å². The molecule has 1 aromatic carbocycles. The standard InChI is InChI=1S/C11H12O3/c1-8(12)9(2)14-11(13)10-6-4-3-5-7-10/h3-7,9H,1-2H3. The van der Waals surface area contributed by atoms with Crippen LogP contribution in [0.3, 0.4) is 0 Å². The zero-order valence-electron chi connectivity index (χ0n) is 8.19. The van der Waals surface area contributed by atoms with Crippen LogP contribution in [0, 0.1) is 0 Å². The molecule has 0 aliphatic heterocycles. The Morgan fingerprint density at radius 3 is 2.29 bits per heavy atom. The van der Waals surface area contributed by atoms with Gasteiger partial charge in [0.1, 0.15) is 0 Å². The SMILES string of the molecule is CC(=O)C(C)OC(=O)c1ccccc1. The van der Waals surface area contributed by atoms with Crippen LogP contribution in [0.1, 0.15) is 24.2 Å². The van der Waals surface area contributed by atoms with Crippen molar-refractivity contribution in [3.8, 4) is 0 Å². The Balaban J connectivity index is 2.64. The third-order valence-electron chi connectivity index (χ3n) is 1.87. The van der Waals surface area contributed by atoms with E-state index in [1.54, 1.807) is 31.2 Å². The minimum absolute atomic E-state index is 0.158. The number of esters is 1. The van der Waals surface area contributed by atoms with Gasteiger partial charge in [0.25, 0.3) is 0 Å². The third-order valence-corrected chi connectivity index (χ3v) is 1.87. The van der Waals surface area contributed by atoms with E-state index in [1.165, 1.54) is 6.92 Å². The van der Waals surface area contributed by atoms with Crippen LogP contribution in [-0.2, 0) is 9.53 Å². The van der Waals surface area contributed by atoms with Crippen LogP contribution in [0.4, 0.5) is 0 Å². The Kier molecular flexibility index (Phi) is 3.40. The number of benzene rings is 1. The van der Waals surface area contributed by atoms with Crippen molar-refractivity contribution in [1.29, 1.82) is 0 Å². The van der Waals surface area contributed by atoms with Gasteiger partial charge in [-0.25, -0.2) is 4.79 Å². The molecule has 1 aromatic rings. The Labute approximate surface area is 82.7 Å². The molecule has 0 aliphatic carbocycles. The fraction of sp³-hybridized carbons (Fsp3) is 0.273. The highest BCUT2D eigenvalue weighted by molar-refractivity contribution is 5.92. The van der Waals surface area contributed by atoms with Gasteiger partial charge in [-0.1, -0.05) is 18.2 Å². The first-order valence-corrected chi connectivity index (χ1v) is 4.37. The summed E-state index contributed by atoms with van der Waals surface area (Å²) in [6.07, 6.45) is -0.678. The Morgan fingerprint density at radius 2 is 1.79 bits per heavy atom. The summed E-state index contributed by atoms with van der Waals surface area (Å²) in [4.78, 5) is 22.2. The highest BCUT2D eigenvalue weighted by atomic mass is 16.5. The van der Waals surface area contributed by atoms with Crippen molar-refractivity contribution in [3.63, 3.8) is 0 Å². The van der Waals surface area contributed by atoms with E-state index in [1.807, 2.05) is 6.07 Å². The van der Waals surface area contributed by atoms with E-state index in [2.05, 4.69) is 0 Å². The van der Waals surface area contributed by atoms with Gasteiger partial charge < -0.3 is 4.74 Å². The van der Waals surface area contributed by atoms with Gasteiger partial charge >= 0.3 is 5.97 Å². The fourth-order valence-electron chi connectivity index (χ4n) is 0.886. The van der Waals surface area contributed by atoms with E-state index < -0.39 is 12.1 Å². The van der Waals surface area contributed by atoms with Gasteiger partial charge in [-0.15, -0.1) is 0 Å². The van der Waals surface area contributed by atoms with Crippen LogP contribution >= 0.6 is 0 Å². The quantitative estimate of drug-likeness (QED) is 0.686. The monoisotopic (exact) mass is 192 g/mol. The van der Waals surface area contributed by atoms with Gasteiger partial charge in [0.2, 0.25) is 0 Å². The topological polar surface area (TPSA) is 43.4 Å². The van der Waals surface area contributed by atoms with Gasteiger partial charge in [0, 0.05) is 0 Å². The van der Waals surface area contributed by atoms with E-state index >= 15 is 0 Å². The normalized spacial score (nSPS) is 11.9. The second-order valence-electron chi connectivity index (χ2n) is 3.02. The Bertz CT molecular complexity index is 330. The molecule has 74 valence electrons. The lowest BCUT2D eigenvalue weighted by atomic mass is 10.2. The summed E-state index contributed by atoms with van der Waals surface area (Å²) < 4.78 is 4.91. The van der Waals surface area contributed by atoms with Gasteiger partial charge in [-0.3, -0.25) is 4.79 Å². The zero-order chi connectivity index (χ0) is 10.6. The smallest absolute Gasteiger partial charge is 0.338 e. The lowest BCUT2D eigenvalue weighted by Gasteiger charge is -2.09. The molecule has 0 heterocycles. The van der Waals surface area contributed by atoms with E-state index in [-0.39, 0.29) is 5.78 Å². The van der Waals surface area contributed by atoms with E-state index in [4.69, 9.17) is 4.74 Å². The molecular formula is C11H12O3. The minimum atomic E-state index is -0.678. The predicted molar refractivity (Wildman–Crippen MR) is 52.0 cm³/mol. The highest BCUT2D eigenvalue weighted by Gasteiger charge is 2.14. The van der Waals surface area contributed by atoms with E-state index in [9.17, 15) is 9.59 Å². The number of ether oxygens (including phenoxy) is 1. The van der Waals surface area contributed by atoms with Gasteiger partial charge in [-0.05, 0) is 26.0 Å². The van der Waals surface area contributed by atoms with Crippen molar-refractivity contribution in [1.82, 2.24) is 0 Å². The molecule has 0 spiro atoms. The molecule has 0 amide bonds. The molecular weight excluding hydrogens is 180 g/mol. The Morgan fingerprint density at radius 1 is 1.21 bits per heavy atom. The number of rotatable bonds is 3. The summed E-state index contributed by atoms with van der Waals surface area (Å²) in [6, 6.07) is 8.60. The van der Waals surface area contributed by atoms with Crippen LogP contribution in [0.25, 0.3) is 0 Å². The molecule has 1 rings (SSSR count). The zero-order valence-corrected chi connectivity index (χ0v) is 8.19. The van der Waals surface area contributed by atoms with Crippen molar-refractivity contribution in [2.45, 2.75) is 20.0 Å².